The first kappa shape index (κ1) is 17.3. The molecule has 2 amide bonds. The molecular formula is C17H17FN2O4. The highest BCUT2D eigenvalue weighted by Gasteiger charge is 2.16. The lowest BCUT2D eigenvalue weighted by atomic mass is 10.1. The number of methoxy groups -OCH3 is 2. The van der Waals surface area contributed by atoms with Crippen molar-refractivity contribution in [2.75, 3.05) is 26.6 Å². The number of benzene rings is 2. The standard InChI is InChI=1S/C17H17FN2O4/c1-19-16(21)10-4-7-15(24-3)14(8-10)20-17(22)12-6-5-11(23-2)9-13(12)18/h4-9H,1-3H3,(H,19,21)(H,20,22). The Bertz CT molecular complexity index is 777. The Morgan fingerprint density at radius 3 is 2.33 bits per heavy atom. The molecule has 0 spiro atoms. The van der Waals surface area contributed by atoms with Gasteiger partial charge in [0.05, 0.1) is 25.5 Å². The number of carbonyl (C=O) groups excluding carboxylic acids is 2. The molecule has 126 valence electrons. The third kappa shape index (κ3) is 3.62. The Hall–Kier alpha value is -3.09. The maximum atomic E-state index is 14.0. The zero-order valence-corrected chi connectivity index (χ0v) is 13.5. The van der Waals surface area contributed by atoms with Crippen molar-refractivity contribution in [2.45, 2.75) is 0 Å². The normalized spacial score (nSPS) is 10.0. The Kier molecular flexibility index (Phi) is 5.36. The highest BCUT2D eigenvalue weighted by molar-refractivity contribution is 6.06. The van der Waals surface area contributed by atoms with Gasteiger partial charge >= 0.3 is 0 Å². The van der Waals surface area contributed by atoms with Crippen molar-refractivity contribution in [3.05, 3.63) is 53.3 Å². The third-order valence-corrected chi connectivity index (χ3v) is 3.36. The lowest BCUT2D eigenvalue weighted by molar-refractivity contribution is 0.0961. The predicted octanol–water partition coefficient (Wildman–Crippen LogP) is 2.45. The van der Waals surface area contributed by atoms with Crippen molar-refractivity contribution in [2.24, 2.45) is 0 Å². The van der Waals surface area contributed by atoms with Crippen LogP contribution in [0.2, 0.25) is 0 Å². The third-order valence-electron chi connectivity index (χ3n) is 3.36. The van der Waals surface area contributed by atoms with E-state index in [0.717, 1.165) is 6.07 Å². The summed E-state index contributed by atoms with van der Waals surface area (Å²) in [6, 6.07) is 8.48. The number of hydrogen-bond donors (Lipinski definition) is 2. The van der Waals surface area contributed by atoms with Gasteiger partial charge in [0.2, 0.25) is 0 Å². The summed E-state index contributed by atoms with van der Waals surface area (Å²) in [6.45, 7) is 0. The SMILES string of the molecule is CNC(=O)c1ccc(OC)c(NC(=O)c2ccc(OC)cc2F)c1. The average molecular weight is 332 g/mol. The first-order valence-corrected chi connectivity index (χ1v) is 7.05. The lowest BCUT2D eigenvalue weighted by Gasteiger charge is -2.12. The first-order valence-electron chi connectivity index (χ1n) is 7.05. The summed E-state index contributed by atoms with van der Waals surface area (Å²) in [5.74, 6) is -1.03. The lowest BCUT2D eigenvalue weighted by Crippen LogP contribution is -2.19. The summed E-state index contributed by atoms with van der Waals surface area (Å²) in [6.07, 6.45) is 0. The maximum Gasteiger partial charge on any atom is 0.258 e. The van der Waals surface area contributed by atoms with Crippen molar-refractivity contribution in [3.8, 4) is 11.5 Å². The van der Waals surface area contributed by atoms with Crippen LogP contribution < -0.4 is 20.1 Å². The van der Waals surface area contributed by atoms with Crippen LogP contribution >= 0.6 is 0 Å². The van der Waals surface area contributed by atoms with E-state index in [1.165, 1.54) is 39.5 Å². The van der Waals surface area contributed by atoms with E-state index < -0.39 is 11.7 Å². The molecule has 0 saturated heterocycles. The number of hydrogen-bond acceptors (Lipinski definition) is 4. The molecule has 0 fully saturated rings. The molecule has 0 aliphatic carbocycles. The van der Waals surface area contributed by atoms with E-state index in [2.05, 4.69) is 10.6 Å². The molecule has 0 heterocycles. The second-order valence-corrected chi connectivity index (χ2v) is 4.79. The molecule has 2 rings (SSSR count). The monoisotopic (exact) mass is 332 g/mol. The van der Waals surface area contributed by atoms with Gasteiger partial charge in [0.25, 0.3) is 11.8 Å². The molecule has 0 unspecified atom stereocenters. The molecule has 0 aromatic heterocycles. The van der Waals surface area contributed by atoms with Crippen LogP contribution in [0.1, 0.15) is 20.7 Å². The van der Waals surface area contributed by atoms with Crippen molar-refractivity contribution >= 4 is 17.5 Å². The van der Waals surface area contributed by atoms with E-state index in [0.29, 0.717) is 17.1 Å². The fraction of sp³-hybridized carbons (Fsp3) is 0.176. The summed E-state index contributed by atoms with van der Waals surface area (Å²) >= 11 is 0. The first-order chi connectivity index (χ1) is 11.5. The van der Waals surface area contributed by atoms with E-state index in [-0.39, 0.29) is 17.2 Å². The number of halogens is 1. The molecule has 0 bridgehead atoms. The molecule has 0 atom stereocenters. The Labute approximate surface area is 138 Å². The summed E-state index contributed by atoms with van der Waals surface area (Å²) in [5, 5.41) is 5.04. The van der Waals surface area contributed by atoms with Crippen LogP contribution in [0.4, 0.5) is 10.1 Å². The predicted molar refractivity (Wildman–Crippen MR) is 87.3 cm³/mol. The highest BCUT2D eigenvalue weighted by atomic mass is 19.1. The van der Waals surface area contributed by atoms with E-state index in [9.17, 15) is 14.0 Å². The molecule has 2 aromatic carbocycles. The Morgan fingerprint density at radius 2 is 1.75 bits per heavy atom. The maximum absolute atomic E-state index is 14.0. The zero-order valence-electron chi connectivity index (χ0n) is 13.5. The van der Waals surface area contributed by atoms with E-state index in [1.54, 1.807) is 12.1 Å². The number of amides is 2. The van der Waals surface area contributed by atoms with Crippen molar-refractivity contribution in [1.82, 2.24) is 5.32 Å². The largest absolute Gasteiger partial charge is 0.497 e. The van der Waals surface area contributed by atoms with Gasteiger partial charge in [0.1, 0.15) is 17.3 Å². The van der Waals surface area contributed by atoms with Crippen molar-refractivity contribution < 1.29 is 23.5 Å². The molecule has 0 aliphatic heterocycles. The van der Waals surface area contributed by atoms with E-state index in [4.69, 9.17) is 9.47 Å². The van der Waals surface area contributed by atoms with Crippen LogP contribution in [0.15, 0.2) is 36.4 Å². The van der Waals surface area contributed by atoms with Gasteiger partial charge in [-0.25, -0.2) is 4.39 Å². The molecule has 2 N–H and O–H groups in total. The van der Waals surface area contributed by atoms with Gasteiger partial charge in [-0.05, 0) is 30.3 Å². The molecule has 6 nitrogen and oxygen atoms in total. The van der Waals surface area contributed by atoms with Crippen LogP contribution in [-0.2, 0) is 0 Å². The fourth-order valence-electron chi connectivity index (χ4n) is 2.09. The minimum Gasteiger partial charge on any atom is -0.497 e. The number of rotatable bonds is 5. The Morgan fingerprint density at radius 1 is 1.00 bits per heavy atom. The molecule has 0 radical (unpaired) electrons. The second kappa shape index (κ2) is 7.45. The molecule has 0 saturated carbocycles. The van der Waals surface area contributed by atoms with Gasteiger partial charge in [-0.2, -0.15) is 0 Å². The van der Waals surface area contributed by atoms with Gasteiger partial charge in [-0.15, -0.1) is 0 Å². The molecule has 2 aromatic rings. The Balaban J connectivity index is 2.32. The highest BCUT2D eigenvalue weighted by Crippen LogP contribution is 2.27. The minimum absolute atomic E-state index is 0.150. The van der Waals surface area contributed by atoms with Gasteiger partial charge < -0.3 is 20.1 Å². The minimum atomic E-state index is -0.715. The fourth-order valence-corrected chi connectivity index (χ4v) is 2.09. The summed E-state index contributed by atoms with van der Waals surface area (Å²) < 4.78 is 24.1. The van der Waals surface area contributed by atoms with Gasteiger partial charge in [-0.3, -0.25) is 9.59 Å². The topological polar surface area (TPSA) is 76.7 Å². The molecule has 0 aliphatic rings. The smallest absolute Gasteiger partial charge is 0.258 e. The van der Waals surface area contributed by atoms with Gasteiger partial charge in [0, 0.05) is 18.7 Å². The van der Waals surface area contributed by atoms with Crippen molar-refractivity contribution in [3.63, 3.8) is 0 Å². The zero-order chi connectivity index (χ0) is 17.7. The number of ether oxygens (including phenoxy) is 2. The van der Waals surface area contributed by atoms with Crippen LogP contribution in [0, 0.1) is 5.82 Å². The van der Waals surface area contributed by atoms with Crippen LogP contribution in [0.5, 0.6) is 11.5 Å². The van der Waals surface area contributed by atoms with Crippen LogP contribution in [0.3, 0.4) is 0 Å². The van der Waals surface area contributed by atoms with Crippen LogP contribution in [-0.4, -0.2) is 33.1 Å². The number of nitrogens with one attached hydrogen (secondary N) is 2. The van der Waals surface area contributed by atoms with E-state index in [1.807, 2.05) is 0 Å². The summed E-state index contributed by atoms with van der Waals surface area (Å²) in [7, 11) is 4.33. The van der Waals surface area contributed by atoms with Crippen molar-refractivity contribution in [1.29, 1.82) is 0 Å². The molecule has 24 heavy (non-hydrogen) atoms. The summed E-state index contributed by atoms with van der Waals surface area (Å²) in [5.41, 5.74) is 0.450. The quantitative estimate of drug-likeness (QED) is 0.882. The molecule has 7 heteroatoms. The summed E-state index contributed by atoms with van der Waals surface area (Å²) in [4.78, 5) is 24.0. The molecular weight excluding hydrogens is 315 g/mol. The van der Waals surface area contributed by atoms with Gasteiger partial charge in [-0.1, -0.05) is 0 Å². The number of carbonyl (C=O) groups is 2. The average Bonchev–Trinajstić information content (AvgIpc) is 2.60. The van der Waals surface area contributed by atoms with E-state index >= 15 is 0 Å². The second-order valence-electron chi connectivity index (χ2n) is 4.79. The number of anilines is 1. The van der Waals surface area contributed by atoms with Crippen LogP contribution in [0.25, 0.3) is 0 Å². The van der Waals surface area contributed by atoms with Gasteiger partial charge in [0.15, 0.2) is 0 Å².